The summed E-state index contributed by atoms with van der Waals surface area (Å²) in [5, 5.41) is 3.22. The van der Waals surface area contributed by atoms with Gasteiger partial charge in [0.1, 0.15) is 5.82 Å². The first kappa shape index (κ1) is 11.1. The average molecular weight is 243 g/mol. The van der Waals surface area contributed by atoms with Gasteiger partial charge in [0.25, 0.3) is 0 Å². The third-order valence-corrected chi connectivity index (χ3v) is 1.89. The monoisotopic (exact) mass is 243 g/mol. The number of primary amides is 1. The second kappa shape index (κ2) is 3.89. The van der Waals surface area contributed by atoms with E-state index in [1.54, 1.807) is 0 Å². The lowest BCUT2D eigenvalue weighted by molar-refractivity contribution is 0.0958. The second-order valence-electron chi connectivity index (χ2n) is 3.03. The van der Waals surface area contributed by atoms with Crippen LogP contribution in [0.25, 0.3) is 11.4 Å². The normalized spacial score (nSPS) is 10.5. The van der Waals surface area contributed by atoms with Crippen LogP contribution in [0.2, 0.25) is 0 Å². The van der Waals surface area contributed by atoms with Crippen LogP contribution in [0.4, 0.5) is 13.2 Å². The zero-order valence-electron chi connectivity index (χ0n) is 8.08. The third-order valence-electron chi connectivity index (χ3n) is 1.89. The number of hydrogen-bond acceptors (Lipinski definition) is 4. The Labute approximate surface area is 92.0 Å². The molecular formula is C9H4F3N3O2. The minimum atomic E-state index is -1.34. The van der Waals surface area contributed by atoms with Gasteiger partial charge in [-0.2, -0.15) is 4.98 Å². The molecule has 88 valence electrons. The maximum Gasteiger partial charge on any atom is 0.316 e. The van der Waals surface area contributed by atoms with Crippen LogP contribution in [0.3, 0.4) is 0 Å². The molecule has 0 atom stereocenters. The highest BCUT2D eigenvalue weighted by Crippen LogP contribution is 2.22. The molecule has 2 N–H and O–H groups in total. The highest BCUT2D eigenvalue weighted by atomic mass is 19.2. The molecule has 2 rings (SSSR count). The Balaban J connectivity index is 2.52. The Morgan fingerprint density at radius 1 is 1.18 bits per heavy atom. The fraction of sp³-hybridized carbons (Fsp3) is 0. The molecule has 17 heavy (non-hydrogen) atoms. The lowest BCUT2D eigenvalue weighted by atomic mass is 10.2. The van der Waals surface area contributed by atoms with E-state index in [0.717, 1.165) is 0 Å². The number of amides is 1. The van der Waals surface area contributed by atoms with E-state index in [4.69, 9.17) is 5.73 Å². The van der Waals surface area contributed by atoms with Crippen LogP contribution in [-0.2, 0) is 0 Å². The van der Waals surface area contributed by atoms with Gasteiger partial charge < -0.3 is 10.3 Å². The van der Waals surface area contributed by atoms with Crippen LogP contribution in [0.1, 0.15) is 10.7 Å². The SMILES string of the molecule is NC(=O)c1nc(-c2cc(F)c(F)cc2F)no1. The molecule has 1 aromatic carbocycles. The van der Waals surface area contributed by atoms with E-state index >= 15 is 0 Å². The summed E-state index contributed by atoms with van der Waals surface area (Å²) in [5.74, 6) is -5.65. The highest BCUT2D eigenvalue weighted by Gasteiger charge is 2.18. The van der Waals surface area contributed by atoms with E-state index in [-0.39, 0.29) is 0 Å². The molecule has 0 aliphatic carbocycles. The number of aromatic nitrogens is 2. The van der Waals surface area contributed by atoms with Crippen LogP contribution in [0.15, 0.2) is 16.7 Å². The van der Waals surface area contributed by atoms with Gasteiger partial charge >= 0.3 is 11.8 Å². The summed E-state index contributed by atoms with van der Waals surface area (Å²) in [6.07, 6.45) is 0. The van der Waals surface area contributed by atoms with Gasteiger partial charge in [0.05, 0.1) is 5.56 Å². The lowest BCUT2D eigenvalue weighted by Gasteiger charge is -1.98. The Morgan fingerprint density at radius 3 is 2.41 bits per heavy atom. The van der Waals surface area contributed by atoms with Crippen LogP contribution >= 0.6 is 0 Å². The number of hydrogen-bond donors (Lipinski definition) is 1. The molecular weight excluding hydrogens is 239 g/mol. The quantitative estimate of drug-likeness (QED) is 0.805. The molecule has 0 unspecified atom stereocenters. The Kier molecular flexibility index (Phi) is 2.54. The minimum absolute atomic E-state index is 0.338. The van der Waals surface area contributed by atoms with E-state index in [9.17, 15) is 18.0 Å². The zero-order valence-corrected chi connectivity index (χ0v) is 8.08. The van der Waals surface area contributed by atoms with Crippen LogP contribution < -0.4 is 5.73 Å². The van der Waals surface area contributed by atoms with Crippen molar-refractivity contribution in [2.45, 2.75) is 0 Å². The molecule has 0 spiro atoms. The van der Waals surface area contributed by atoms with Crippen LogP contribution in [-0.4, -0.2) is 16.0 Å². The number of halogens is 3. The first-order chi connectivity index (χ1) is 7.99. The van der Waals surface area contributed by atoms with Gasteiger partial charge in [-0.3, -0.25) is 4.79 Å². The number of carbonyl (C=O) groups is 1. The predicted molar refractivity (Wildman–Crippen MR) is 48.1 cm³/mol. The topological polar surface area (TPSA) is 82.0 Å². The fourth-order valence-electron chi connectivity index (χ4n) is 1.13. The first-order valence-corrected chi connectivity index (χ1v) is 4.27. The van der Waals surface area contributed by atoms with E-state index in [1.165, 1.54) is 0 Å². The zero-order chi connectivity index (χ0) is 12.6. The van der Waals surface area contributed by atoms with Crippen molar-refractivity contribution in [3.05, 3.63) is 35.5 Å². The molecule has 2 aromatic rings. The number of benzene rings is 1. The van der Waals surface area contributed by atoms with Gasteiger partial charge in [-0.05, 0) is 6.07 Å². The maximum atomic E-state index is 13.3. The lowest BCUT2D eigenvalue weighted by Crippen LogP contribution is -2.11. The summed E-state index contributed by atoms with van der Waals surface area (Å²) < 4.78 is 43.2. The summed E-state index contributed by atoms with van der Waals surface area (Å²) in [6, 6.07) is 0.894. The van der Waals surface area contributed by atoms with Gasteiger partial charge in [0.15, 0.2) is 11.6 Å². The predicted octanol–water partition coefficient (Wildman–Crippen LogP) is 1.25. The number of nitrogens with zero attached hydrogens (tertiary/aromatic N) is 2. The van der Waals surface area contributed by atoms with Gasteiger partial charge in [-0.1, -0.05) is 5.16 Å². The molecule has 1 aromatic heterocycles. The Morgan fingerprint density at radius 2 is 1.82 bits per heavy atom. The van der Waals surface area contributed by atoms with Crippen molar-refractivity contribution in [2.24, 2.45) is 5.73 Å². The summed E-state index contributed by atoms with van der Waals surface area (Å²) >= 11 is 0. The Hall–Kier alpha value is -2.38. The van der Waals surface area contributed by atoms with Gasteiger partial charge in [-0.25, -0.2) is 13.2 Å². The first-order valence-electron chi connectivity index (χ1n) is 4.27. The second-order valence-corrected chi connectivity index (χ2v) is 3.03. The van der Waals surface area contributed by atoms with Gasteiger partial charge in [0.2, 0.25) is 5.82 Å². The van der Waals surface area contributed by atoms with Crippen molar-refractivity contribution in [1.82, 2.24) is 10.1 Å². The van der Waals surface area contributed by atoms with Gasteiger partial charge in [-0.15, -0.1) is 0 Å². The summed E-state index contributed by atoms with van der Waals surface area (Å²) in [5.41, 5.74) is 4.40. The van der Waals surface area contributed by atoms with Crippen LogP contribution in [0, 0.1) is 17.5 Å². The van der Waals surface area contributed by atoms with E-state index < -0.39 is 40.6 Å². The molecule has 0 aliphatic rings. The smallest absolute Gasteiger partial charge is 0.316 e. The van der Waals surface area contributed by atoms with Crippen molar-refractivity contribution < 1.29 is 22.5 Å². The molecule has 1 heterocycles. The molecule has 0 saturated heterocycles. The summed E-state index contributed by atoms with van der Waals surface area (Å²) in [4.78, 5) is 14.1. The Bertz CT molecular complexity index is 597. The third kappa shape index (κ3) is 1.96. The molecule has 1 amide bonds. The number of carbonyl (C=O) groups excluding carboxylic acids is 1. The molecule has 0 aliphatic heterocycles. The summed E-state index contributed by atoms with van der Waals surface area (Å²) in [7, 11) is 0. The largest absolute Gasteiger partial charge is 0.361 e. The van der Waals surface area contributed by atoms with E-state index in [0.29, 0.717) is 12.1 Å². The maximum absolute atomic E-state index is 13.3. The molecule has 8 heteroatoms. The van der Waals surface area contributed by atoms with E-state index in [2.05, 4.69) is 14.7 Å². The molecule has 0 radical (unpaired) electrons. The van der Waals surface area contributed by atoms with E-state index in [1.807, 2.05) is 0 Å². The average Bonchev–Trinajstić information content (AvgIpc) is 2.72. The number of rotatable bonds is 2. The molecule has 0 saturated carbocycles. The highest BCUT2D eigenvalue weighted by molar-refractivity contribution is 5.88. The van der Waals surface area contributed by atoms with Crippen molar-refractivity contribution >= 4 is 5.91 Å². The standard InChI is InChI=1S/C9H4F3N3O2/c10-4-2-6(12)5(11)1-3(4)8-14-9(7(13)16)17-15-8/h1-2H,(H2,13,16). The summed E-state index contributed by atoms with van der Waals surface area (Å²) in [6.45, 7) is 0. The number of nitrogens with two attached hydrogens (primary N) is 1. The fourth-order valence-corrected chi connectivity index (χ4v) is 1.13. The van der Waals surface area contributed by atoms with Crippen molar-refractivity contribution in [3.8, 4) is 11.4 Å². The van der Waals surface area contributed by atoms with Crippen LogP contribution in [0.5, 0.6) is 0 Å². The molecule has 0 fully saturated rings. The minimum Gasteiger partial charge on any atom is -0.361 e. The van der Waals surface area contributed by atoms with Crippen molar-refractivity contribution in [3.63, 3.8) is 0 Å². The van der Waals surface area contributed by atoms with Crippen molar-refractivity contribution in [2.75, 3.05) is 0 Å². The molecule has 5 nitrogen and oxygen atoms in total. The van der Waals surface area contributed by atoms with Gasteiger partial charge in [0, 0.05) is 6.07 Å². The van der Waals surface area contributed by atoms with Crippen molar-refractivity contribution in [1.29, 1.82) is 0 Å². The molecule has 0 bridgehead atoms.